The van der Waals surface area contributed by atoms with Gasteiger partial charge in [-0.1, -0.05) is 22.9 Å². The third kappa shape index (κ3) is 4.90. The van der Waals surface area contributed by atoms with Gasteiger partial charge in [-0.3, -0.25) is 4.79 Å². The maximum Gasteiger partial charge on any atom is 0.308 e. The zero-order valence-electron chi connectivity index (χ0n) is 16.0. The van der Waals surface area contributed by atoms with Gasteiger partial charge in [-0.2, -0.15) is 4.57 Å². The molecule has 1 heterocycles. The van der Waals surface area contributed by atoms with Crippen LogP contribution in [0.1, 0.15) is 11.9 Å². The molecule has 0 atom stereocenters. The smallest absolute Gasteiger partial charge is 0.308 e. The lowest BCUT2D eigenvalue weighted by atomic mass is 10.2. The minimum absolute atomic E-state index is 0.315. The zero-order valence-corrected chi connectivity index (χ0v) is 17.6. The van der Waals surface area contributed by atoms with Crippen LogP contribution in [0.25, 0.3) is 10.2 Å². The minimum atomic E-state index is -1.22. The van der Waals surface area contributed by atoms with E-state index in [1.54, 1.807) is 35.0 Å². The Morgan fingerprint density at radius 3 is 2.69 bits per heavy atom. The van der Waals surface area contributed by atoms with Crippen molar-refractivity contribution in [3.8, 4) is 5.75 Å². The Labute approximate surface area is 176 Å². The number of thiazole rings is 1. The van der Waals surface area contributed by atoms with Crippen LogP contribution in [0.5, 0.6) is 5.75 Å². The van der Waals surface area contributed by atoms with Gasteiger partial charge in [0.2, 0.25) is 5.52 Å². The number of carbonyl (C=O) groups excluding carboxylic acids is 2. The number of halogens is 1. The van der Waals surface area contributed by atoms with Gasteiger partial charge in [0.15, 0.2) is 12.3 Å². The number of carboxylic acid groups (broad SMARTS) is 1. The third-order valence-electron chi connectivity index (χ3n) is 4.01. The van der Waals surface area contributed by atoms with Gasteiger partial charge >= 0.3 is 5.97 Å². The van der Waals surface area contributed by atoms with Crippen LogP contribution in [0.4, 0.5) is 11.4 Å². The number of carbonyl (C=O) groups is 2. The summed E-state index contributed by atoms with van der Waals surface area (Å²) in [6, 6.07) is 10.6. The van der Waals surface area contributed by atoms with Crippen LogP contribution in [-0.2, 0) is 16.1 Å². The molecule has 3 aromatic rings. The summed E-state index contributed by atoms with van der Waals surface area (Å²) in [5.74, 6) is -1.36. The van der Waals surface area contributed by atoms with E-state index in [0.29, 0.717) is 27.0 Å². The van der Waals surface area contributed by atoms with Crippen molar-refractivity contribution in [2.45, 2.75) is 13.5 Å². The summed E-state index contributed by atoms with van der Waals surface area (Å²) in [5.41, 5.74) is 1.97. The van der Waals surface area contributed by atoms with Crippen LogP contribution in [-0.4, -0.2) is 32.2 Å². The first-order valence-corrected chi connectivity index (χ1v) is 9.79. The highest BCUT2D eigenvalue weighted by molar-refractivity contribution is 7.19. The summed E-state index contributed by atoms with van der Waals surface area (Å²) in [6.07, 6.45) is 1.54. The van der Waals surface area contributed by atoms with Crippen LogP contribution in [0.3, 0.4) is 0 Å². The molecular weight excluding hydrogens is 414 g/mol. The van der Waals surface area contributed by atoms with Crippen LogP contribution in [0.2, 0.25) is 5.02 Å². The molecular formula is C20H18ClN3O4S. The fourth-order valence-electron chi connectivity index (χ4n) is 2.71. The summed E-state index contributed by atoms with van der Waals surface area (Å²) >= 11 is 7.43. The van der Waals surface area contributed by atoms with E-state index in [1.807, 2.05) is 31.1 Å². The van der Waals surface area contributed by atoms with Crippen molar-refractivity contribution in [2.75, 3.05) is 19.0 Å². The zero-order chi connectivity index (χ0) is 21.1. The molecule has 1 aromatic heterocycles. The topological polar surface area (TPSA) is 85.9 Å². The Bertz CT molecular complexity index is 1120. The number of rotatable bonds is 6. The number of aliphatic imine (C=N–C) groups is 1. The van der Waals surface area contributed by atoms with E-state index >= 15 is 0 Å². The fourth-order valence-corrected chi connectivity index (χ4v) is 3.89. The molecule has 0 radical (unpaired) electrons. The minimum Gasteiger partial charge on any atom is -0.544 e. The molecule has 0 amide bonds. The van der Waals surface area contributed by atoms with Gasteiger partial charge in [0.1, 0.15) is 22.6 Å². The fraction of sp³-hybridized carbons (Fsp3) is 0.200. The van der Waals surface area contributed by atoms with Gasteiger partial charge in [0, 0.05) is 43.9 Å². The lowest BCUT2D eigenvalue weighted by molar-refractivity contribution is -0.662. The Hall–Kier alpha value is -2.97. The van der Waals surface area contributed by atoms with Crippen LogP contribution < -0.4 is 19.3 Å². The standard InChI is InChI=1S/C20H18ClN3O4S/c1-12(25)28-17-9-14(23(2)3)5-6-15(17)22-10-19-24(11-20(26)27)16-8-13(21)4-7-18(16)29-19/h4-10H,11H2,1-3H3. The number of aromatic nitrogens is 1. The molecule has 0 saturated carbocycles. The van der Waals surface area contributed by atoms with Crippen molar-refractivity contribution in [1.82, 2.24) is 0 Å². The second-order valence-corrected chi connectivity index (χ2v) is 7.91. The molecule has 0 aliphatic rings. The second kappa shape index (κ2) is 8.59. The van der Waals surface area contributed by atoms with Crippen LogP contribution >= 0.6 is 22.9 Å². The summed E-state index contributed by atoms with van der Waals surface area (Å²) < 4.78 is 7.72. The van der Waals surface area contributed by atoms with Crippen molar-refractivity contribution in [3.05, 3.63) is 46.4 Å². The van der Waals surface area contributed by atoms with Crippen molar-refractivity contribution in [2.24, 2.45) is 4.99 Å². The number of carboxylic acids is 1. The molecule has 0 spiro atoms. The van der Waals surface area contributed by atoms with Gasteiger partial charge in [0.25, 0.3) is 5.01 Å². The monoisotopic (exact) mass is 431 g/mol. The molecule has 0 saturated heterocycles. The first-order valence-electron chi connectivity index (χ1n) is 8.60. The van der Waals surface area contributed by atoms with Gasteiger partial charge in [-0.05, 0) is 24.3 Å². The van der Waals surface area contributed by atoms with Gasteiger partial charge < -0.3 is 19.5 Å². The predicted molar refractivity (Wildman–Crippen MR) is 111 cm³/mol. The first-order chi connectivity index (χ1) is 13.7. The van der Waals surface area contributed by atoms with E-state index in [1.165, 1.54) is 18.3 Å². The van der Waals surface area contributed by atoms with Crippen molar-refractivity contribution in [1.29, 1.82) is 0 Å². The maximum atomic E-state index is 11.5. The number of fused-ring (bicyclic) bond motifs is 1. The molecule has 0 aliphatic carbocycles. The van der Waals surface area contributed by atoms with Crippen molar-refractivity contribution >= 4 is 62.7 Å². The average Bonchev–Trinajstić information content (AvgIpc) is 2.96. The summed E-state index contributed by atoms with van der Waals surface area (Å²) in [4.78, 5) is 29.0. The Morgan fingerprint density at radius 2 is 2.03 bits per heavy atom. The van der Waals surface area contributed by atoms with E-state index < -0.39 is 11.9 Å². The SMILES string of the molecule is CC(=O)Oc1cc(N(C)C)ccc1N=Cc1sc2ccc(Cl)cc2[n+]1CC(=O)[O-]. The first kappa shape index (κ1) is 20.8. The molecule has 0 bridgehead atoms. The molecule has 29 heavy (non-hydrogen) atoms. The van der Waals surface area contributed by atoms with Gasteiger partial charge in [-0.25, -0.2) is 4.99 Å². The number of aliphatic carboxylic acids is 1. The van der Waals surface area contributed by atoms with Crippen LogP contribution in [0.15, 0.2) is 41.4 Å². The average molecular weight is 432 g/mol. The van der Waals surface area contributed by atoms with E-state index in [9.17, 15) is 14.7 Å². The highest BCUT2D eigenvalue weighted by atomic mass is 35.5. The molecule has 7 nitrogen and oxygen atoms in total. The Morgan fingerprint density at radius 1 is 1.28 bits per heavy atom. The van der Waals surface area contributed by atoms with E-state index in [2.05, 4.69) is 4.99 Å². The molecule has 0 N–H and O–H groups in total. The molecule has 150 valence electrons. The lowest BCUT2D eigenvalue weighted by Crippen LogP contribution is -2.45. The Balaban J connectivity index is 2.06. The molecule has 0 aliphatic heterocycles. The number of hydrogen-bond acceptors (Lipinski definition) is 7. The largest absolute Gasteiger partial charge is 0.544 e. The normalized spacial score (nSPS) is 11.2. The predicted octanol–water partition coefficient (Wildman–Crippen LogP) is 2.33. The molecule has 0 unspecified atom stereocenters. The molecule has 2 aromatic carbocycles. The number of nitrogens with zero attached hydrogens (tertiary/aromatic N) is 3. The number of anilines is 1. The lowest BCUT2D eigenvalue weighted by Gasteiger charge is -2.14. The highest BCUT2D eigenvalue weighted by Crippen LogP contribution is 2.32. The third-order valence-corrected chi connectivity index (χ3v) is 5.34. The van der Waals surface area contributed by atoms with Gasteiger partial charge in [-0.15, -0.1) is 0 Å². The van der Waals surface area contributed by atoms with E-state index in [-0.39, 0.29) is 6.54 Å². The highest BCUT2D eigenvalue weighted by Gasteiger charge is 2.20. The molecule has 3 rings (SSSR count). The van der Waals surface area contributed by atoms with Crippen LogP contribution in [0, 0.1) is 0 Å². The van der Waals surface area contributed by atoms with Gasteiger partial charge in [0.05, 0.1) is 0 Å². The molecule has 0 fully saturated rings. The Kier molecular flexibility index (Phi) is 6.14. The molecule has 9 heteroatoms. The number of hydrogen-bond donors (Lipinski definition) is 0. The number of esters is 1. The number of benzene rings is 2. The van der Waals surface area contributed by atoms with Crippen molar-refractivity contribution in [3.63, 3.8) is 0 Å². The van der Waals surface area contributed by atoms with E-state index in [4.69, 9.17) is 16.3 Å². The maximum absolute atomic E-state index is 11.5. The summed E-state index contributed by atoms with van der Waals surface area (Å²) in [6.45, 7) is 0.984. The quantitative estimate of drug-likeness (QED) is 0.259. The van der Waals surface area contributed by atoms with E-state index in [0.717, 1.165) is 10.4 Å². The van der Waals surface area contributed by atoms with Crippen molar-refractivity contribution < 1.29 is 24.0 Å². The summed E-state index contributed by atoms with van der Waals surface area (Å²) in [7, 11) is 3.75. The second-order valence-electron chi connectivity index (χ2n) is 6.41. The number of ether oxygens (including phenoxy) is 1. The summed E-state index contributed by atoms with van der Waals surface area (Å²) in [5, 5.41) is 12.3.